The second-order valence-electron chi connectivity index (χ2n) is 3.40. The molecule has 0 aliphatic rings. The van der Waals surface area contributed by atoms with Crippen LogP contribution in [0.2, 0.25) is 0 Å². The molecule has 1 heterocycles. The van der Waals surface area contributed by atoms with Crippen molar-refractivity contribution in [1.82, 2.24) is 10.3 Å². The molecule has 0 saturated heterocycles. The summed E-state index contributed by atoms with van der Waals surface area (Å²) in [5, 5.41) is 16.2. The van der Waals surface area contributed by atoms with E-state index in [1.807, 2.05) is 0 Å². The Morgan fingerprint density at radius 1 is 1.57 bits per heavy atom. The maximum absolute atomic E-state index is 10.8. The highest BCUT2D eigenvalue weighted by Crippen LogP contribution is 2.28. The number of nitrogens with zero attached hydrogens (tertiary/aromatic N) is 2. The zero-order valence-corrected chi connectivity index (χ0v) is 9.09. The fourth-order valence-corrected chi connectivity index (χ4v) is 1.57. The number of thioether (sulfide) groups is 1. The summed E-state index contributed by atoms with van der Waals surface area (Å²) >= 11 is 1.30. The Hall–Kier alpha value is -1.04. The van der Waals surface area contributed by atoms with Gasteiger partial charge in [-0.05, 0) is 20.8 Å². The number of hydrogen-bond acceptors (Lipinski definition) is 5. The largest absolute Gasteiger partial charge is 0.480 e. The Morgan fingerprint density at radius 3 is 2.64 bits per heavy atom. The molecule has 6 heteroatoms. The van der Waals surface area contributed by atoms with Crippen molar-refractivity contribution in [3.05, 3.63) is 11.4 Å². The predicted octanol–water partition coefficient (Wildman–Crippen LogP) is 1.47. The fraction of sp³-hybridized carbons (Fsp3) is 0.625. The molecule has 0 amide bonds. The van der Waals surface area contributed by atoms with E-state index in [2.05, 4.69) is 14.9 Å². The molecule has 0 radical (unpaired) electrons. The third-order valence-corrected chi connectivity index (χ3v) is 3.15. The molecule has 0 aliphatic heterocycles. The van der Waals surface area contributed by atoms with Crippen LogP contribution in [-0.2, 0) is 10.5 Å². The molecule has 5 nitrogen and oxygen atoms in total. The average molecular weight is 216 g/mol. The standard InChI is InChI=1S/C8H12N2O3S/c1-5-6(10-13-9-5)4-14-8(2,3)7(11)12/h4H2,1-3H3,(H,11,12). The van der Waals surface area contributed by atoms with Crippen LogP contribution in [0.1, 0.15) is 25.2 Å². The van der Waals surface area contributed by atoms with Gasteiger partial charge in [-0.3, -0.25) is 4.79 Å². The minimum atomic E-state index is -0.836. The lowest BCUT2D eigenvalue weighted by molar-refractivity contribution is -0.138. The van der Waals surface area contributed by atoms with Crippen LogP contribution in [0.25, 0.3) is 0 Å². The van der Waals surface area contributed by atoms with Crippen molar-refractivity contribution in [2.45, 2.75) is 31.3 Å². The lowest BCUT2D eigenvalue weighted by Gasteiger charge is -2.17. The summed E-state index contributed by atoms with van der Waals surface area (Å²) in [5.74, 6) is -0.342. The summed E-state index contributed by atoms with van der Waals surface area (Å²) < 4.78 is 3.70. The second-order valence-corrected chi connectivity index (χ2v) is 5.00. The molecular weight excluding hydrogens is 204 g/mol. The Labute approximate surface area is 85.8 Å². The molecule has 0 atom stereocenters. The van der Waals surface area contributed by atoms with Crippen LogP contribution in [0.5, 0.6) is 0 Å². The molecule has 1 aromatic rings. The molecule has 78 valence electrons. The molecule has 0 aromatic carbocycles. The Kier molecular flexibility index (Phi) is 3.15. The highest BCUT2D eigenvalue weighted by atomic mass is 32.2. The van der Waals surface area contributed by atoms with E-state index < -0.39 is 10.7 Å². The van der Waals surface area contributed by atoms with Gasteiger partial charge in [-0.25, -0.2) is 4.63 Å². The normalized spacial score (nSPS) is 11.6. The van der Waals surface area contributed by atoms with E-state index in [1.54, 1.807) is 20.8 Å². The van der Waals surface area contributed by atoms with Crippen molar-refractivity contribution in [2.75, 3.05) is 0 Å². The highest BCUT2D eigenvalue weighted by Gasteiger charge is 2.28. The Bertz CT molecular complexity index is 335. The van der Waals surface area contributed by atoms with Crippen molar-refractivity contribution in [1.29, 1.82) is 0 Å². The highest BCUT2D eigenvalue weighted by molar-refractivity contribution is 8.00. The van der Waals surface area contributed by atoms with Gasteiger partial charge in [-0.15, -0.1) is 11.8 Å². The van der Waals surface area contributed by atoms with E-state index in [9.17, 15) is 4.79 Å². The van der Waals surface area contributed by atoms with Crippen molar-refractivity contribution >= 4 is 17.7 Å². The van der Waals surface area contributed by atoms with E-state index in [1.165, 1.54) is 11.8 Å². The van der Waals surface area contributed by atoms with Gasteiger partial charge in [0.1, 0.15) is 16.1 Å². The number of rotatable bonds is 4. The van der Waals surface area contributed by atoms with Crippen LogP contribution in [0.3, 0.4) is 0 Å². The summed E-state index contributed by atoms with van der Waals surface area (Å²) in [6, 6.07) is 0. The first-order chi connectivity index (χ1) is 6.43. The second kappa shape index (κ2) is 4.00. The molecule has 0 aliphatic carbocycles. The van der Waals surface area contributed by atoms with Crippen molar-refractivity contribution in [3.8, 4) is 0 Å². The van der Waals surface area contributed by atoms with Gasteiger partial charge in [0.15, 0.2) is 0 Å². The number of carbonyl (C=O) groups is 1. The third kappa shape index (κ3) is 2.47. The summed E-state index contributed by atoms with van der Waals surface area (Å²) in [7, 11) is 0. The smallest absolute Gasteiger partial charge is 0.319 e. The van der Waals surface area contributed by atoms with Crippen LogP contribution < -0.4 is 0 Å². The molecule has 1 aromatic heterocycles. The number of aryl methyl sites for hydroxylation is 1. The monoisotopic (exact) mass is 216 g/mol. The summed E-state index contributed by atoms with van der Waals surface area (Å²) in [6.07, 6.45) is 0. The first-order valence-corrected chi connectivity index (χ1v) is 5.07. The molecule has 0 unspecified atom stereocenters. The molecule has 0 bridgehead atoms. The molecular formula is C8H12N2O3S. The predicted molar refractivity (Wildman–Crippen MR) is 52.0 cm³/mol. The van der Waals surface area contributed by atoms with Crippen molar-refractivity contribution in [2.24, 2.45) is 0 Å². The molecule has 0 saturated carbocycles. The van der Waals surface area contributed by atoms with Gasteiger partial charge >= 0.3 is 5.97 Å². The van der Waals surface area contributed by atoms with Gasteiger partial charge in [0.05, 0.1) is 0 Å². The van der Waals surface area contributed by atoms with E-state index >= 15 is 0 Å². The Balaban J connectivity index is 2.57. The van der Waals surface area contributed by atoms with Gasteiger partial charge in [-0.1, -0.05) is 10.3 Å². The minimum Gasteiger partial charge on any atom is -0.480 e. The van der Waals surface area contributed by atoms with Gasteiger partial charge in [-0.2, -0.15) is 0 Å². The number of carboxylic acid groups (broad SMARTS) is 1. The Morgan fingerprint density at radius 2 is 2.21 bits per heavy atom. The third-order valence-electron chi connectivity index (χ3n) is 1.83. The summed E-state index contributed by atoms with van der Waals surface area (Å²) in [5.41, 5.74) is 1.41. The van der Waals surface area contributed by atoms with E-state index in [0.29, 0.717) is 17.1 Å². The SMILES string of the molecule is Cc1nonc1CSC(C)(C)C(=O)O. The van der Waals surface area contributed by atoms with Crippen LogP contribution in [-0.4, -0.2) is 26.1 Å². The van der Waals surface area contributed by atoms with Gasteiger partial charge in [0.2, 0.25) is 0 Å². The van der Waals surface area contributed by atoms with Crippen molar-refractivity contribution < 1.29 is 14.5 Å². The van der Waals surface area contributed by atoms with Gasteiger partial charge in [0, 0.05) is 5.75 Å². The number of aromatic nitrogens is 2. The molecule has 0 fully saturated rings. The lowest BCUT2D eigenvalue weighted by atomic mass is 10.2. The zero-order valence-electron chi connectivity index (χ0n) is 8.27. The van der Waals surface area contributed by atoms with Crippen LogP contribution in [0.15, 0.2) is 4.63 Å². The molecule has 1 rings (SSSR count). The van der Waals surface area contributed by atoms with Crippen LogP contribution in [0, 0.1) is 6.92 Å². The zero-order chi connectivity index (χ0) is 10.8. The average Bonchev–Trinajstić information content (AvgIpc) is 2.47. The van der Waals surface area contributed by atoms with E-state index in [-0.39, 0.29) is 0 Å². The lowest BCUT2D eigenvalue weighted by Crippen LogP contribution is -2.27. The molecule has 14 heavy (non-hydrogen) atoms. The molecule has 1 N–H and O–H groups in total. The van der Waals surface area contributed by atoms with Crippen molar-refractivity contribution in [3.63, 3.8) is 0 Å². The summed E-state index contributed by atoms with van der Waals surface area (Å²) in [4.78, 5) is 10.8. The van der Waals surface area contributed by atoms with Gasteiger partial charge in [0.25, 0.3) is 0 Å². The quantitative estimate of drug-likeness (QED) is 0.821. The maximum Gasteiger partial charge on any atom is 0.319 e. The van der Waals surface area contributed by atoms with Crippen LogP contribution in [0.4, 0.5) is 0 Å². The minimum absolute atomic E-state index is 0.495. The fourth-order valence-electron chi connectivity index (χ4n) is 0.691. The number of aliphatic carboxylic acids is 1. The van der Waals surface area contributed by atoms with E-state index in [4.69, 9.17) is 5.11 Å². The molecule has 0 spiro atoms. The van der Waals surface area contributed by atoms with Gasteiger partial charge < -0.3 is 5.11 Å². The first kappa shape index (κ1) is 11.0. The topological polar surface area (TPSA) is 76.2 Å². The number of carboxylic acids is 1. The maximum atomic E-state index is 10.8. The van der Waals surface area contributed by atoms with Crippen LogP contribution >= 0.6 is 11.8 Å². The summed E-state index contributed by atoms with van der Waals surface area (Å²) in [6.45, 7) is 5.09. The number of hydrogen-bond donors (Lipinski definition) is 1. The van der Waals surface area contributed by atoms with E-state index in [0.717, 1.165) is 0 Å². The first-order valence-electron chi connectivity index (χ1n) is 4.09.